The Kier molecular flexibility index (Phi) is 5.08. The SMILES string of the molecule is Cc1cc(-c2cc(C(F)(F)F)ccc2C(F)(F)F)n(CC2CCCC2)c1C. The number of hydrogen-bond acceptors (Lipinski definition) is 0. The molecule has 0 atom stereocenters. The van der Waals surface area contributed by atoms with Crippen molar-refractivity contribution in [3.05, 3.63) is 46.6 Å². The number of aromatic nitrogens is 1. The van der Waals surface area contributed by atoms with E-state index in [2.05, 4.69) is 0 Å². The Morgan fingerprint density at radius 3 is 2.11 bits per heavy atom. The van der Waals surface area contributed by atoms with Gasteiger partial charge in [-0.25, -0.2) is 0 Å². The third kappa shape index (κ3) is 4.01. The molecule has 1 saturated carbocycles. The summed E-state index contributed by atoms with van der Waals surface area (Å²) in [7, 11) is 0. The van der Waals surface area contributed by atoms with Crippen molar-refractivity contribution in [3.8, 4) is 11.3 Å². The van der Waals surface area contributed by atoms with E-state index in [9.17, 15) is 26.3 Å². The van der Waals surface area contributed by atoms with Crippen LogP contribution in [0.5, 0.6) is 0 Å². The van der Waals surface area contributed by atoms with Crippen LogP contribution in [0.1, 0.15) is 48.1 Å². The molecule has 0 amide bonds. The minimum atomic E-state index is -4.73. The van der Waals surface area contributed by atoms with Gasteiger partial charge >= 0.3 is 12.4 Å². The topological polar surface area (TPSA) is 4.93 Å². The second kappa shape index (κ2) is 6.91. The lowest BCUT2D eigenvalue weighted by molar-refractivity contribution is -0.141. The molecule has 1 aromatic carbocycles. The lowest BCUT2D eigenvalue weighted by Gasteiger charge is -2.20. The standard InChI is InChI=1S/C20H21F6N/c1-12-9-18(27(13(12)2)11-14-5-3-4-6-14)16-10-15(19(21,22)23)7-8-17(16)20(24,25)26/h7-10,14H,3-6,11H2,1-2H3. The van der Waals surface area contributed by atoms with Crippen LogP contribution in [-0.4, -0.2) is 4.57 Å². The minimum Gasteiger partial charge on any atom is -0.344 e. The highest BCUT2D eigenvalue weighted by Crippen LogP contribution is 2.42. The van der Waals surface area contributed by atoms with E-state index in [1.165, 1.54) is 0 Å². The van der Waals surface area contributed by atoms with Gasteiger partial charge < -0.3 is 4.57 Å². The highest BCUT2D eigenvalue weighted by atomic mass is 19.4. The van der Waals surface area contributed by atoms with Gasteiger partial charge in [-0.2, -0.15) is 26.3 Å². The second-order valence-electron chi connectivity index (χ2n) is 7.31. The van der Waals surface area contributed by atoms with Crippen molar-refractivity contribution in [3.63, 3.8) is 0 Å². The molecule has 0 bridgehead atoms. The van der Waals surface area contributed by atoms with Gasteiger partial charge in [-0.1, -0.05) is 12.8 Å². The summed E-state index contributed by atoms with van der Waals surface area (Å²) in [4.78, 5) is 0. The summed E-state index contributed by atoms with van der Waals surface area (Å²) in [6.07, 6.45) is -5.29. The summed E-state index contributed by atoms with van der Waals surface area (Å²) in [6, 6.07) is 3.23. The normalized spacial score (nSPS) is 16.3. The fourth-order valence-electron chi connectivity index (χ4n) is 3.87. The molecule has 0 saturated heterocycles. The van der Waals surface area contributed by atoms with Crippen LogP contribution in [0.15, 0.2) is 24.3 Å². The van der Waals surface area contributed by atoms with E-state index in [1.807, 2.05) is 0 Å². The maximum Gasteiger partial charge on any atom is 0.417 e. The van der Waals surface area contributed by atoms with E-state index in [1.54, 1.807) is 24.5 Å². The van der Waals surface area contributed by atoms with E-state index in [0.29, 0.717) is 30.7 Å². The molecule has 1 aliphatic rings. The maximum atomic E-state index is 13.5. The summed E-state index contributed by atoms with van der Waals surface area (Å²) in [5.41, 5.74) is -0.757. The third-order valence-corrected chi connectivity index (χ3v) is 5.46. The van der Waals surface area contributed by atoms with Crippen LogP contribution < -0.4 is 0 Å². The van der Waals surface area contributed by atoms with Crippen LogP contribution >= 0.6 is 0 Å². The monoisotopic (exact) mass is 389 g/mol. The minimum absolute atomic E-state index is 0.204. The van der Waals surface area contributed by atoms with Crippen LogP contribution in [0.4, 0.5) is 26.3 Å². The first-order chi connectivity index (χ1) is 12.5. The van der Waals surface area contributed by atoms with Crippen LogP contribution in [0, 0.1) is 19.8 Å². The van der Waals surface area contributed by atoms with Gasteiger partial charge in [0, 0.05) is 23.5 Å². The molecule has 0 unspecified atom stereocenters. The van der Waals surface area contributed by atoms with Crippen molar-refractivity contribution in [2.45, 2.75) is 58.4 Å². The van der Waals surface area contributed by atoms with Crippen LogP contribution in [0.25, 0.3) is 11.3 Å². The molecule has 0 spiro atoms. The Bertz CT molecular complexity index is 822. The van der Waals surface area contributed by atoms with Gasteiger partial charge in [0.15, 0.2) is 0 Å². The zero-order chi connectivity index (χ0) is 20.0. The predicted molar refractivity (Wildman–Crippen MR) is 91.3 cm³/mol. The summed E-state index contributed by atoms with van der Waals surface area (Å²) in [5.74, 6) is 0.342. The van der Waals surface area contributed by atoms with E-state index < -0.39 is 29.0 Å². The lowest BCUT2D eigenvalue weighted by atomic mass is 9.99. The average Bonchev–Trinajstić information content (AvgIpc) is 3.16. The van der Waals surface area contributed by atoms with Crippen molar-refractivity contribution in [1.29, 1.82) is 0 Å². The van der Waals surface area contributed by atoms with Gasteiger partial charge in [-0.15, -0.1) is 0 Å². The number of aryl methyl sites for hydroxylation is 1. The quantitative estimate of drug-likeness (QED) is 0.498. The molecule has 1 heterocycles. The van der Waals surface area contributed by atoms with Crippen molar-refractivity contribution in [2.24, 2.45) is 5.92 Å². The van der Waals surface area contributed by atoms with Gasteiger partial charge in [0.1, 0.15) is 0 Å². The molecular weight excluding hydrogens is 368 g/mol. The molecule has 0 N–H and O–H groups in total. The number of halogens is 6. The van der Waals surface area contributed by atoms with E-state index in [0.717, 1.165) is 36.9 Å². The number of alkyl halides is 6. The number of nitrogens with zero attached hydrogens (tertiary/aromatic N) is 1. The Morgan fingerprint density at radius 2 is 1.56 bits per heavy atom. The Labute approximate surface area is 154 Å². The fraction of sp³-hybridized carbons (Fsp3) is 0.500. The predicted octanol–water partition coefficient (Wildman–Crippen LogP) is 7.00. The summed E-state index contributed by atoms with van der Waals surface area (Å²) in [5, 5.41) is 0. The Hall–Kier alpha value is -1.92. The summed E-state index contributed by atoms with van der Waals surface area (Å²) < 4.78 is 81.7. The molecule has 1 fully saturated rings. The van der Waals surface area contributed by atoms with Crippen molar-refractivity contribution in [2.75, 3.05) is 0 Å². The van der Waals surface area contributed by atoms with Crippen LogP contribution in [-0.2, 0) is 18.9 Å². The van der Waals surface area contributed by atoms with Crippen LogP contribution in [0.3, 0.4) is 0 Å². The third-order valence-electron chi connectivity index (χ3n) is 5.46. The largest absolute Gasteiger partial charge is 0.417 e. The van der Waals surface area contributed by atoms with Gasteiger partial charge in [0.2, 0.25) is 0 Å². The maximum absolute atomic E-state index is 13.5. The zero-order valence-corrected chi connectivity index (χ0v) is 15.1. The first-order valence-corrected chi connectivity index (χ1v) is 8.94. The molecule has 0 radical (unpaired) electrons. The Balaban J connectivity index is 2.18. The fourth-order valence-corrected chi connectivity index (χ4v) is 3.87. The van der Waals surface area contributed by atoms with E-state index in [4.69, 9.17) is 0 Å². The van der Waals surface area contributed by atoms with Crippen LogP contribution in [0.2, 0.25) is 0 Å². The molecular formula is C20H21F6N. The van der Waals surface area contributed by atoms with Crippen molar-refractivity contribution < 1.29 is 26.3 Å². The zero-order valence-electron chi connectivity index (χ0n) is 15.1. The first kappa shape index (κ1) is 19.8. The van der Waals surface area contributed by atoms with Crippen molar-refractivity contribution in [1.82, 2.24) is 4.57 Å². The second-order valence-corrected chi connectivity index (χ2v) is 7.31. The number of benzene rings is 1. The molecule has 2 aromatic rings. The number of rotatable bonds is 3. The molecule has 1 aliphatic carbocycles. The highest BCUT2D eigenvalue weighted by molar-refractivity contribution is 5.68. The number of hydrogen-bond donors (Lipinski definition) is 0. The highest BCUT2D eigenvalue weighted by Gasteiger charge is 2.38. The van der Waals surface area contributed by atoms with Gasteiger partial charge in [-0.3, -0.25) is 0 Å². The smallest absolute Gasteiger partial charge is 0.344 e. The average molecular weight is 389 g/mol. The van der Waals surface area contributed by atoms with Gasteiger partial charge in [0.25, 0.3) is 0 Å². The summed E-state index contributed by atoms with van der Waals surface area (Å²) >= 11 is 0. The lowest BCUT2D eigenvalue weighted by Crippen LogP contribution is -2.14. The molecule has 0 aliphatic heterocycles. The summed E-state index contributed by atoms with van der Waals surface area (Å²) in [6.45, 7) is 4.10. The van der Waals surface area contributed by atoms with E-state index >= 15 is 0 Å². The molecule has 3 rings (SSSR count). The molecule has 27 heavy (non-hydrogen) atoms. The molecule has 1 nitrogen and oxygen atoms in total. The van der Waals surface area contributed by atoms with E-state index in [-0.39, 0.29) is 5.69 Å². The molecule has 148 valence electrons. The van der Waals surface area contributed by atoms with Crippen molar-refractivity contribution >= 4 is 0 Å². The molecule has 1 aromatic heterocycles. The first-order valence-electron chi connectivity index (χ1n) is 8.94. The Morgan fingerprint density at radius 1 is 0.926 bits per heavy atom. The molecule has 7 heteroatoms. The van der Waals surface area contributed by atoms with Gasteiger partial charge in [-0.05, 0) is 62.4 Å². The van der Waals surface area contributed by atoms with Gasteiger partial charge in [0.05, 0.1) is 11.1 Å².